The van der Waals surface area contributed by atoms with Gasteiger partial charge in [0.1, 0.15) is 11.5 Å². The Morgan fingerprint density at radius 3 is 2.23 bits per heavy atom. The number of halogens is 3. The first-order valence-electron chi connectivity index (χ1n) is 11.5. The Balaban J connectivity index is 1.51. The number of nitro groups is 1. The van der Waals surface area contributed by atoms with Crippen LogP contribution in [-0.4, -0.2) is 28.7 Å². The summed E-state index contributed by atoms with van der Waals surface area (Å²) in [6.07, 6.45) is -2.68. The fraction of sp³-hybridized carbons (Fsp3) is 0.0357. The zero-order valence-electron chi connectivity index (χ0n) is 20.3. The van der Waals surface area contributed by atoms with Gasteiger partial charge in [-0.2, -0.15) is 13.2 Å². The lowest BCUT2D eigenvalue weighted by Gasteiger charge is -2.14. The number of carbonyl (C=O) groups excluding carboxylic acids is 3. The third-order valence-electron chi connectivity index (χ3n) is 5.46. The molecule has 4 rings (SSSR count). The van der Waals surface area contributed by atoms with Gasteiger partial charge in [-0.3, -0.25) is 24.5 Å². The lowest BCUT2D eigenvalue weighted by Crippen LogP contribution is -2.30. The van der Waals surface area contributed by atoms with E-state index in [9.17, 15) is 37.7 Å². The maximum atomic E-state index is 13.0. The molecule has 0 atom stereocenters. The number of anilines is 2. The molecule has 0 saturated carbocycles. The van der Waals surface area contributed by atoms with E-state index in [0.29, 0.717) is 17.1 Å². The van der Waals surface area contributed by atoms with Crippen molar-refractivity contribution in [1.82, 2.24) is 0 Å². The normalized spacial score (nSPS) is 11.3. The van der Waals surface area contributed by atoms with Gasteiger partial charge in [0.15, 0.2) is 5.78 Å². The molecule has 2 N–H and O–H groups in total. The molecule has 0 radical (unpaired) electrons. The van der Waals surface area contributed by atoms with E-state index >= 15 is 0 Å². The lowest BCUT2D eigenvalue weighted by atomic mass is 10.0. The van der Waals surface area contributed by atoms with Crippen LogP contribution in [0.1, 0.15) is 21.7 Å². The number of hydrogen-bond donors (Lipinski definition) is 2. The highest BCUT2D eigenvalue weighted by Crippen LogP contribution is 2.27. The molecular weight excluding hydrogens is 531 g/mol. The highest BCUT2D eigenvalue weighted by molar-refractivity contribution is 6.15. The van der Waals surface area contributed by atoms with Crippen LogP contribution in [0.25, 0.3) is 17.4 Å². The second-order valence-corrected chi connectivity index (χ2v) is 8.24. The molecule has 1 heterocycles. The molecule has 1 aromatic heterocycles. The van der Waals surface area contributed by atoms with Crippen LogP contribution in [0.2, 0.25) is 0 Å². The monoisotopic (exact) mass is 549 g/mol. The van der Waals surface area contributed by atoms with Gasteiger partial charge in [0.05, 0.1) is 10.6 Å². The van der Waals surface area contributed by atoms with Crippen molar-refractivity contribution in [3.8, 4) is 11.3 Å². The van der Waals surface area contributed by atoms with E-state index in [0.717, 1.165) is 18.2 Å². The first-order valence-corrected chi connectivity index (χ1v) is 11.5. The van der Waals surface area contributed by atoms with E-state index in [2.05, 4.69) is 5.32 Å². The summed E-state index contributed by atoms with van der Waals surface area (Å²) < 4.78 is 44.1. The number of hydrogen-bond acceptors (Lipinski definition) is 6. The van der Waals surface area contributed by atoms with Crippen molar-refractivity contribution in [2.45, 2.75) is 6.18 Å². The number of ketones is 1. The predicted octanol–water partition coefficient (Wildman–Crippen LogP) is 6.24. The highest BCUT2D eigenvalue weighted by Gasteiger charge is 2.39. The minimum Gasteiger partial charge on any atom is -0.457 e. The minimum absolute atomic E-state index is 0.0727. The SMILES string of the molecule is O=C(/C=C/c1ccc(-c2ccc([N+](=O)[O-])cc2)o1)Nc1ccc(NC(=O)C(F)(F)F)c(C(=O)c2ccccc2)c1. The summed E-state index contributed by atoms with van der Waals surface area (Å²) in [6.45, 7) is 0. The quantitative estimate of drug-likeness (QED) is 0.116. The van der Waals surface area contributed by atoms with Crippen LogP contribution < -0.4 is 10.6 Å². The van der Waals surface area contributed by atoms with Gasteiger partial charge in [0.2, 0.25) is 5.91 Å². The van der Waals surface area contributed by atoms with E-state index in [1.165, 1.54) is 48.5 Å². The van der Waals surface area contributed by atoms with E-state index in [1.807, 2.05) is 0 Å². The number of carbonyl (C=O) groups is 3. The summed E-state index contributed by atoms with van der Waals surface area (Å²) in [5.41, 5.74) is 0.128. The van der Waals surface area contributed by atoms with Crippen LogP contribution in [0.5, 0.6) is 0 Å². The van der Waals surface area contributed by atoms with E-state index in [1.54, 1.807) is 35.6 Å². The number of benzene rings is 3. The van der Waals surface area contributed by atoms with E-state index in [4.69, 9.17) is 4.42 Å². The lowest BCUT2D eigenvalue weighted by molar-refractivity contribution is -0.384. The van der Waals surface area contributed by atoms with E-state index < -0.39 is 28.7 Å². The molecule has 202 valence electrons. The Morgan fingerprint density at radius 1 is 0.875 bits per heavy atom. The van der Waals surface area contributed by atoms with Crippen molar-refractivity contribution in [3.63, 3.8) is 0 Å². The topological polar surface area (TPSA) is 132 Å². The zero-order valence-corrected chi connectivity index (χ0v) is 20.3. The molecule has 0 unspecified atom stereocenters. The van der Waals surface area contributed by atoms with Crippen LogP contribution in [0.3, 0.4) is 0 Å². The molecular formula is C28H18F3N3O6. The fourth-order valence-electron chi connectivity index (χ4n) is 3.54. The maximum Gasteiger partial charge on any atom is 0.471 e. The second kappa shape index (κ2) is 11.5. The Bertz CT molecular complexity index is 1610. The summed E-state index contributed by atoms with van der Waals surface area (Å²) in [5.74, 6) is -2.84. The van der Waals surface area contributed by atoms with Gasteiger partial charge in [0.25, 0.3) is 5.69 Å². The van der Waals surface area contributed by atoms with E-state index in [-0.39, 0.29) is 28.2 Å². The largest absolute Gasteiger partial charge is 0.471 e. The third kappa shape index (κ3) is 6.67. The molecule has 4 aromatic rings. The minimum atomic E-state index is -5.17. The molecule has 2 amide bonds. The summed E-state index contributed by atoms with van der Waals surface area (Å²) in [4.78, 5) is 47.3. The fourth-order valence-corrected chi connectivity index (χ4v) is 3.54. The van der Waals surface area contributed by atoms with Gasteiger partial charge in [0, 0.05) is 40.6 Å². The van der Waals surface area contributed by atoms with Gasteiger partial charge in [-0.1, -0.05) is 30.3 Å². The average molecular weight is 549 g/mol. The van der Waals surface area contributed by atoms with Crippen molar-refractivity contribution in [2.24, 2.45) is 0 Å². The van der Waals surface area contributed by atoms with Crippen LogP contribution in [0, 0.1) is 10.1 Å². The second-order valence-electron chi connectivity index (χ2n) is 8.24. The Kier molecular flexibility index (Phi) is 7.89. The van der Waals surface area contributed by atoms with Gasteiger partial charge >= 0.3 is 12.1 Å². The smallest absolute Gasteiger partial charge is 0.457 e. The summed E-state index contributed by atoms with van der Waals surface area (Å²) >= 11 is 0. The molecule has 3 aromatic carbocycles. The first kappa shape index (κ1) is 27.5. The van der Waals surface area contributed by atoms with Crippen LogP contribution in [0.15, 0.2) is 95.4 Å². The summed E-state index contributed by atoms with van der Waals surface area (Å²) in [5, 5.41) is 15.0. The Hall–Kier alpha value is -5.52. The van der Waals surface area contributed by atoms with Gasteiger partial charge < -0.3 is 15.1 Å². The molecule has 0 aliphatic rings. The van der Waals surface area contributed by atoms with Crippen molar-refractivity contribution in [2.75, 3.05) is 10.6 Å². The molecule has 0 aliphatic carbocycles. The van der Waals surface area contributed by atoms with Crippen molar-refractivity contribution < 1.29 is 36.9 Å². The molecule has 12 heteroatoms. The number of nitrogens with one attached hydrogen (secondary N) is 2. The van der Waals surface area contributed by atoms with Crippen molar-refractivity contribution in [3.05, 3.63) is 118 Å². The number of nitrogens with zero attached hydrogens (tertiary/aromatic N) is 1. The Morgan fingerprint density at radius 2 is 1.57 bits per heavy atom. The number of amides is 2. The average Bonchev–Trinajstić information content (AvgIpc) is 3.41. The highest BCUT2D eigenvalue weighted by atomic mass is 19.4. The third-order valence-corrected chi connectivity index (χ3v) is 5.46. The number of non-ortho nitro benzene ring substituents is 1. The van der Waals surface area contributed by atoms with Crippen molar-refractivity contribution in [1.29, 1.82) is 0 Å². The van der Waals surface area contributed by atoms with Gasteiger partial charge in [-0.15, -0.1) is 0 Å². The zero-order chi connectivity index (χ0) is 28.9. The van der Waals surface area contributed by atoms with Crippen LogP contribution in [0.4, 0.5) is 30.2 Å². The van der Waals surface area contributed by atoms with Gasteiger partial charge in [-0.25, -0.2) is 0 Å². The molecule has 40 heavy (non-hydrogen) atoms. The molecule has 0 spiro atoms. The van der Waals surface area contributed by atoms with Crippen LogP contribution >= 0.6 is 0 Å². The predicted molar refractivity (Wildman–Crippen MR) is 139 cm³/mol. The number of rotatable bonds is 8. The molecule has 9 nitrogen and oxygen atoms in total. The molecule has 0 fully saturated rings. The number of alkyl halides is 3. The molecule has 0 aliphatic heterocycles. The molecule has 0 saturated heterocycles. The Labute approximate surface area is 224 Å². The number of nitro benzene ring substituents is 1. The summed E-state index contributed by atoms with van der Waals surface area (Å²) in [7, 11) is 0. The summed E-state index contributed by atoms with van der Waals surface area (Å²) in [6, 6.07) is 20.1. The standard InChI is InChI=1S/C28H18F3N3O6/c29-28(30,31)27(37)33-23-13-8-19(16-22(23)26(36)18-4-2-1-3-5-18)32-25(35)15-12-21-11-14-24(40-21)17-6-9-20(10-7-17)34(38)39/h1-16H,(H,32,35)(H,33,37)/b15-12+. The number of furan rings is 1. The maximum absolute atomic E-state index is 13.0. The molecule has 0 bridgehead atoms. The van der Waals surface area contributed by atoms with Crippen LogP contribution in [-0.2, 0) is 9.59 Å². The first-order chi connectivity index (χ1) is 19.0. The van der Waals surface area contributed by atoms with Crippen molar-refractivity contribution >= 4 is 40.7 Å². The van der Waals surface area contributed by atoms with Gasteiger partial charge in [-0.05, 0) is 48.5 Å².